The van der Waals surface area contributed by atoms with Crippen LogP contribution in [-0.4, -0.2) is 41.5 Å². The minimum absolute atomic E-state index is 0.233. The van der Waals surface area contributed by atoms with Crippen LogP contribution >= 0.6 is 0 Å². The maximum atomic E-state index is 12.2. The van der Waals surface area contributed by atoms with E-state index in [1.807, 2.05) is 6.07 Å². The number of carbonyl (C=O) groups is 1. The molecular formula is C21H25NO6. The van der Waals surface area contributed by atoms with Gasteiger partial charge in [0, 0.05) is 12.6 Å². The van der Waals surface area contributed by atoms with E-state index in [4.69, 9.17) is 23.7 Å². The van der Waals surface area contributed by atoms with Gasteiger partial charge >= 0.3 is 0 Å². The summed E-state index contributed by atoms with van der Waals surface area (Å²) >= 11 is 0. The number of carbonyl (C=O) groups excluding carboxylic acids is 1. The Morgan fingerprint density at radius 2 is 1.43 bits per heavy atom. The molecule has 0 saturated carbocycles. The normalized spacial score (nSPS) is 10.5. The maximum absolute atomic E-state index is 12.2. The van der Waals surface area contributed by atoms with Crippen molar-refractivity contribution in [3.63, 3.8) is 0 Å². The fourth-order valence-corrected chi connectivity index (χ4v) is 2.61. The van der Waals surface area contributed by atoms with Gasteiger partial charge in [-0.3, -0.25) is 4.79 Å². The van der Waals surface area contributed by atoms with E-state index in [9.17, 15) is 4.79 Å². The van der Waals surface area contributed by atoms with Gasteiger partial charge < -0.3 is 29.0 Å². The first-order valence-corrected chi connectivity index (χ1v) is 8.53. The highest BCUT2D eigenvalue weighted by molar-refractivity contribution is 5.91. The minimum atomic E-state index is -0.233. The second kappa shape index (κ2) is 10.1. The van der Waals surface area contributed by atoms with Crippen molar-refractivity contribution in [1.82, 2.24) is 5.32 Å². The predicted octanol–water partition coefficient (Wildman–Crippen LogP) is 3.06. The van der Waals surface area contributed by atoms with E-state index in [1.165, 1.54) is 6.08 Å². The Bertz CT molecular complexity index is 822. The number of methoxy groups -OCH3 is 5. The van der Waals surface area contributed by atoms with E-state index >= 15 is 0 Å². The molecule has 0 aliphatic rings. The zero-order valence-corrected chi connectivity index (χ0v) is 16.7. The first-order chi connectivity index (χ1) is 13.6. The van der Waals surface area contributed by atoms with Crippen LogP contribution in [0.5, 0.6) is 28.7 Å². The zero-order valence-electron chi connectivity index (χ0n) is 16.7. The van der Waals surface area contributed by atoms with Crippen molar-refractivity contribution < 1.29 is 28.5 Å². The molecule has 28 heavy (non-hydrogen) atoms. The van der Waals surface area contributed by atoms with Crippen LogP contribution in [-0.2, 0) is 11.3 Å². The third kappa shape index (κ3) is 5.09. The molecule has 0 unspecified atom stereocenters. The van der Waals surface area contributed by atoms with Crippen molar-refractivity contribution in [2.45, 2.75) is 6.54 Å². The third-order valence-corrected chi connectivity index (χ3v) is 4.03. The number of rotatable bonds is 9. The van der Waals surface area contributed by atoms with Gasteiger partial charge in [0.1, 0.15) is 0 Å². The molecule has 0 heterocycles. The minimum Gasteiger partial charge on any atom is -0.493 e. The van der Waals surface area contributed by atoms with Gasteiger partial charge in [-0.25, -0.2) is 0 Å². The highest BCUT2D eigenvalue weighted by Gasteiger charge is 2.13. The van der Waals surface area contributed by atoms with Crippen LogP contribution in [0.3, 0.4) is 0 Å². The molecule has 7 heteroatoms. The van der Waals surface area contributed by atoms with Gasteiger partial charge in [-0.15, -0.1) is 0 Å². The molecule has 2 aromatic carbocycles. The van der Waals surface area contributed by atoms with Gasteiger partial charge in [0.2, 0.25) is 11.7 Å². The first-order valence-electron chi connectivity index (χ1n) is 8.53. The highest BCUT2D eigenvalue weighted by Crippen LogP contribution is 2.38. The maximum Gasteiger partial charge on any atom is 0.244 e. The van der Waals surface area contributed by atoms with E-state index in [-0.39, 0.29) is 5.91 Å². The van der Waals surface area contributed by atoms with Crippen molar-refractivity contribution >= 4 is 12.0 Å². The highest BCUT2D eigenvalue weighted by atomic mass is 16.5. The SMILES string of the molecule is COc1ccc(/C=C/C(=O)NCc2cc(OC)c(OC)c(OC)c2)cc1OC. The summed E-state index contributed by atoms with van der Waals surface area (Å²) in [5, 5.41) is 2.83. The third-order valence-electron chi connectivity index (χ3n) is 4.03. The average molecular weight is 387 g/mol. The monoisotopic (exact) mass is 387 g/mol. The van der Waals surface area contributed by atoms with Crippen LogP contribution < -0.4 is 29.0 Å². The smallest absolute Gasteiger partial charge is 0.244 e. The number of nitrogens with one attached hydrogen (secondary N) is 1. The van der Waals surface area contributed by atoms with Crippen LogP contribution in [0.2, 0.25) is 0 Å². The van der Waals surface area contributed by atoms with Gasteiger partial charge in [-0.1, -0.05) is 6.07 Å². The van der Waals surface area contributed by atoms with Crippen molar-refractivity contribution in [1.29, 1.82) is 0 Å². The quantitative estimate of drug-likeness (QED) is 0.667. The fraction of sp³-hybridized carbons (Fsp3) is 0.286. The van der Waals surface area contributed by atoms with Crippen molar-refractivity contribution in [3.05, 3.63) is 47.5 Å². The van der Waals surface area contributed by atoms with Gasteiger partial charge in [0.15, 0.2) is 23.0 Å². The van der Waals surface area contributed by atoms with Gasteiger partial charge in [0.05, 0.1) is 35.5 Å². The lowest BCUT2D eigenvalue weighted by atomic mass is 10.1. The molecule has 0 atom stereocenters. The number of amides is 1. The second-order valence-corrected chi connectivity index (χ2v) is 5.70. The van der Waals surface area contributed by atoms with E-state index < -0.39 is 0 Å². The summed E-state index contributed by atoms with van der Waals surface area (Å²) in [6.07, 6.45) is 3.16. The Hall–Kier alpha value is -3.35. The Kier molecular flexibility index (Phi) is 7.56. The molecule has 0 spiro atoms. The lowest BCUT2D eigenvalue weighted by Crippen LogP contribution is -2.20. The van der Waals surface area contributed by atoms with Crippen LogP contribution in [0.1, 0.15) is 11.1 Å². The summed E-state index contributed by atoms with van der Waals surface area (Å²) in [6, 6.07) is 9.00. The standard InChI is InChI=1S/C21H25NO6/c1-24-16-8-6-14(10-17(16)25-2)7-9-20(23)22-13-15-11-18(26-3)21(28-5)19(12-15)27-4/h6-12H,13H2,1-5H3,(H,22,23)/b9-7+. The molecule has 0 aliphatic heterocycles. The molecule has 0 saturated heterocycles. The Morgan fingerprint density at radius 3 is 1.96 bits per heavy atom. The largest absolute Gasteiger partial charge is 0.493 e. The van der Waals surface area contributed by atoms with Gasteiger partial charge in [-0.2, -0.15) is 0 Å². The Labute approximate surface area is 164 Å². The van der Waals surface area contributed by atoms with Gasteiger partial charge in [0.25, 0.3) is 0 Å². The number of hydrogen-bond acceptors (Lipinski definition) is 6. The topological polar surface area (TPSA) is 75.3 Å². The van der Waals surface area contributed by atoms with E-state index in [2.05, 4.69) is 5.32 Å². The molecule has 0 bridgehead atoms. The average Bonchev–Trinajstić information content (AvgIpc) is 2.74. The Morgan fingerprint density at radius 1 is 0.821 bits per heavy atom. The van der Waals surface area contributed by atoms with E-state index in [0.29, 0.717) is 35.3 Å². The van der Waals surface area contributed by atoms with Crippen molar-refractivity contribution in [3.8, 4) is 28.7 Å². The molecule has 0 radical (unpaired) electrons. The second-order valence-electron chi connectivity index (χ2n) is 5.70. The molecule has 0 aliphatic carbocycles. The Balaban J connectivity index is 2.05. The summed E-state index contributed by atoms with van der Waals surface area (Å²) in [7, 11) is 7.78. The molecule has 7 nitrogen and oxygen atoms in total. The van der Waals surface area contributed by atoms with Crippen LogP contribution in [0.25, 0.3) is 6.08 Å². The summed E-state index contributed by atoms with van der Waals surface area (Å²) in [4.78, 5) is 12.2. The zero-order chi connectivity index (χ0) is 20.5. The summed E-state index contributed by atoms with van der Waals surface area (Å²) < 4.78 is 26.4. The molecule has 150 valence electrons. The van der Waals surface area contributed by atoms with E-state index in [0.717, 1.165) is 11.1 Å². The summed E-state index contributed by atoms with van der Waals surface area (Å²) in [5.74, 6) is 2.57. The molecule has 0 fully saturated rings. The lowest BCUT2D eigenvalue weighted by molar-refractivity contribution is -0.116. The number of benzene rings is 2. The lowest BCUT2D eigenvalue weighted by Gasteiger charge is -2.14. The number of ether oxygens (including phenoxy) is 5. The van der Waals surface area contributed by atoms with E-state index in [1.54, 1.807) is 65.9 Å². The first kappa shape index (κ1) is 21.0. The molecule has 2 rings (SSSR count). The van der Waals surface area contributed by atoms with Crippen molar-refractivity contribution in [2.75, 3.05) is 35.5 Å². The van der Waals surface area contributed by atoms with Crippen molar-refractivity contribution in [2.24, 2.45) is 0 Å². The molecule has 1 amide bonds. The summed E-state index contributed by atoms with van der Waals surface area (Å²) in [6.45, 7) is 0.311. The summed E-state index contributed by atoms with van der Waals surface area (Å²) in [5.41, 5.74) is 1.64. The molecule has 1 N–H and O–H groups in total. The predicted molar refractivity (Wildman–Crippen MR) is 107 cm³/mol. The van der Waals surface area contributed by atoms with Crippen LogP contribution in [0, 0.1) is 0 Å². The van der Waals surface area contributed by atoms with Crippen LogP contribution in [0.4, 0.5) is 0 Å². The molecule has 0 aromatic heterocycles. The number of hydrogen-bond donors (Lipinski definition) is 1. The van der Waals surface area contributed by atoms with Gasteiger partial charge in [-0.05, 0) is 41.5 Å². The fourth-order valence-electron chi connectivity index (χ4n) is 2.61. The molecular weight excluding hydrogens is 362 g/mol. The molecule has 2 aromatic rings. The van der Waals surface area contributed by atoms with Crippen LogP contribution in [0.15, 0.2) is 36.4 Å².